The molecule has 67 heavy (non-hydrogen) atoms. The molecule has 3 heterocycles. The summed E-state index contributed by atoms with van der Waals surface area (Å²) in [6.07, 6.45) is -16.5. The smallest absolute Gasteiger partial charge is 0.187 e. The van der Waals surface area contributed by atoms with Crippen LogP contribution in [-0.4, -0.2) is 204 Å². The molecular formula is C48H78O19. The van der Waals surface area contributed by atoms with E-state index in [1.807, 2.05) is 6.92 Å². The monoisotopic (exact) mass is 959 g/mol. The molecule has 3 aliphatic heterocycles. The molecule has 8 rings (SSSR count). The van der Waals surface area contributed by atoms with Crippen LogP contribution in [0.2, 0.25) is 0 Å². The molecule has 13 N–H and O–H groups in total. The van der Waals surface area contributed by atoms with Crippen molar-refractivity contribution in [2.24, 2.45) is 44.3 Å². The van der Waals surface area contributed by atoms with Gasteiger partial charge in [-0.1, -0.05) is 59.3 Å². The van der Waals surface area contributed by atoms with Crippen LogP contribution in [-0.2, 0) is 28.4 Å². The predicted octanol–water partition coefficient (Wildman–Crippen LogP) is -1.52. The summed E-state index contributed by atoms with van der Waals surface area (Å²) >= 11 is 0. The topological polar surface area (TPSA) is 318 Å². The zero-order chi connectivity index (χ0) is 49.0. The second-order valence-electron chi connectivity index (χ2n) is 23.1. The van der Waals surface area contributed by atoms with Gasteiger partial charge in [-0.3, -0.25) is 0 Å². The van der Waals surface area contributed by atoms with Crippen LogP contribution in [0.5, 0.6) is 0 Å². The standard InChI is InChI=1S/C48H78O19/c1-43(2)13-14-48(21-52)23(15-43)22-7-8-28-44(3)11-10-30(45(4,20-51)27(44)9-12-46(28,5)47(22,6)16-29(48)53)66-41-38(61)35(58)39(67-42-37(60)34(57)32(55)25(18-50)64-42)26(65-41)19-62-40-36(59)33(56)31(54)24(17-49)63-40/h7-8,24-42,49-61H,9-21H2,1-6H3/t24-,25+,26+,27+,28-,29-,30-,31-,32+,33-,34-,35-,36-,37-,38+,39+,40-,41+,42+,44+,45-,46-,47-,48+/m1/s1. The highest BCUT2D eigenvalue weighted by atomic mass is 16.8. The van der Waals surface area contributed by atoms with Crippen molar-refractivity contribution in [2.45, 2.75) is 197 Å². The summed E-state index contributed by atoms with van der Waals surface area (Å²) in [5, 5.41) is 141. The third-order valence-corrected chi connectivity index (χ3v) is 19.0. The molecule has 0 amide bonds. The van der Waals surface area contributed by atoms with Crippen molar-refractivity contribution < 1.29 is 94.8 Å². The first kappa shape index (κ1) is 52.1. The third kappa shape index (κ3) is 8.15. The van der Waals surface area contributed by atoms with Crippen molar-refractivity contribution in [2.75, 3.05) is 33.0 Å². The minimum atomic E-state index is -1.90. The van der Waals surface area contributed by atoms with Crippen molar-refractivity contribution in [3.8, 4) is 0 Å². The van der Waals surface area contributed by atoms with Crippen LogP contribution < -0.4 is 0 Å². The predicted molar refractivity (Wildman–Crippen MR) is 233 cm³/mol. The number of aliphatic hydroxyl groups excluding tert-OH is 13. The van der Waals surface area contributed by atoms with Gasteiger partial charge < -0.3 is 94.8 Å². The van der Waals surface area contributed by atoms with E-state index in [-0.39, 0.29) is 41.3 Å². The van der Waals surface area contributed by atoms with Gasteiger partial charge in [-0.2, -0.15) is 0 Å². The summed E-state index contributed by atoms with van der Waals surface area (Å²) in [5.41, 5.74) is -0.186. The highest BCUT2D eigenvalue weighted by molar-refractivity contribution is 5.47. The fourth-order valence-electron chi connectivity index (χ4n) is 14.5. The zero-order valence-corrected chi connectivity index (χ0v) is 39.6. The normalized spacial score (nSPS) is 54.2. The Morgan fingerprint density at radius 2 is 1.19 bits per heavy atom. The number of allylic oxidation sites excluding steroid dienone is 3. The molecule has 19 heteroatoms. The van der Waals surface area contributed by atoms with E-state index < -0.39 is 140 Å². The molecule has 8 aliphatic rings. The van der Waals surface area contributed by atoms with Crippen molar-refractivity contribution in [1.29, 1.82) is 0 Å². The number of fused-ring (bicyclic) bond motifs is 6. The molecule has 19 nitrogen and oxygen atoms in total. The van der Waals surface area contributed by atoms with Gasteiger partial charge >= 0.3 is 0 Å². The highest BCUT2D eigenvalue weighted by Crippen LogP contribution is 2.74. The first-order chi connectivity index (χ1) is 31.4. The Balaban J connectivity index is 1.06. The number of hydrogen-bond donors (Lipinski definition) is 13. The lowest BCUT2D eigenvalue weighted by molar-refractivity contribution is -0.376. The van der Waals surface area contributed by atoms with E-state index in [0.717, 1.165) is 25.7 Å². The van der Waals surface area contributed by atoms with E-state index in [9.17, 15) is 66.4 Å². The quantitative estimate of drug-likeness (QED) is 0.105. The summed E-state index contributed by atoms with van der Waals surface area (Å²) < 4.78 is 35.8. The maximum absolute atomic E-state index is 12.1. The van der Waals surface area contributed by atoms with Gasteiger partial charge in [-0.05, 0) is 85.0 Å². The molecule has 0 radical (unpaired) electrons. The summed E-state index contributed by atoms with van der Waals surface area (Å²) in [6, 6.07) is 0. The molecule has 0 aromatic rings. The van der Waals surface area contributed by atoms with Crippen LogP contribution in [0, 0.1) is 44.3 Å². The minimum Gasteiger partial charge on any atom is -0.396 e. The van der Waals surface area contributed by atoms with Crippen molar-refractivity contribution in [3.05, 3.63) is 23.3 Å². The molecule has 0 aromatic heterocycles. The molecule has 3 saturated heterocycles. The molecule has 0 spiro atoms. The van der Waals surface area contributed by atoms with Crippen molar-refractivity contribution in [1.82, 2.24) is 0 Å². The Morgan fingerprint density at radius 3 is 1.81 bits per heavy atom. The van der Waals surface area contributed by atoms with E-state index in [1.165, 1.54) is 11.1 Å². The maximum atomic E-state index is 12.1. The van der Waals surface area contributed by atoms with E-state index in [2.05, 4.69) is 46.8 Å². The second kappa shape index (κ2) is 18.6. The Hall–Kier alpha value is -1.28. The highest BCUT2D eigenvalue weighted by Gasteiger charge is 2.69. The number of rotatable bonds is 11. The molecule has 5 aliphatic carbocycles. The Kier molecular flexibility index (Phi) is 14.5. The zero-order valence-electron chi connectivity index (χ0n) is 39.6. The van der Waals surface area contributed by atoms with E-state index in [1.54, 1.807) is 0 Å². The Labute approximate surface area is 391 Å². The number of ether oxygens (including phenoxy) is 6. The van der Waals surface area contributed by atoms with Crippen LogP contribution >= 0.6 is 0 Å². The molecule has 0 bridgehead atoms. The summed E-state index contributed by atoms with van der Waals surface area (Å²) in [4.78, 5) is 0. The van der Waals surface area contributed by atoms with Crippen LogP contribution in [0.1, 0.15) is 92.9 Å². The van der Waals surface area contributed by atoms with E-state index in [0.29, 0.717) is 25.7 Å². The molecule has 384 valence electrons. The van der Waals surface area contributed by atoms with Crippen molar-refractivity contribution >= 4 is 0 Å². The number of aliphatic hydroxyl groups is 13. The van der Waals surface area contributed by atoms with Gasteiger partial charge in [0.15, 0.2) is 18.9 Å². The summed E-state index contributed by atoms with van der Waals surface area (Å²) in [5.74, 6) is -0.0749. The largest absolute Gasteiger partial charge is 0.396 e. The average Bonchev–Trinajstić information content (AvgIpc) is 3.29. The Bertz CT molecular complexity index is 1830. The fourth-order valence-corrected chi connectivity index (χ4v) is 14.5. The SMILES string of the molecule is CC1(C)CC[C@]2(CO)C(=C3C=C[C@@H]4[C@@]5(C)CC[C@@H](O[C@@H]6O[C@@H](CO[C@@H]7O[C@H](CO)[C@@H](O)[C@@H](O)[C@H]7O)[C@H](O[C@@H]7O[C@@H](CO)[C@H](O)[C@@H](O)[C@H]7O)[C@H](O)[C@@H]6O)[C@](C)(CO)[C@H]5CC[C@@]4(C)[C@]3(C)C[C@H]2O)C1. The minimum absolute atomic E-state index is 0.0246. The van der Waals surface area contributed by atoms with Crippen LogP contribution in [0.3, 0.4) is 0 Å². The van der Waals surface area contributed by atoms with Crippen LogP contribution in [0.15, 0.2) is 23.3 Å². The van der Waals surface area contributed by atoms with Crippen molar-refractivity contribution in [3.63, 3.8) is 0 Å². The lowest BCUT2D eigenvalue weighted by Gasteiger charge is -2.70. The Morgan fingerprint density at radius 1 is 0.612 bits per heavy atom. The van der Waals surface area contributed by atoms with Gasteiger partial charge in [0.05, 0.1) is 45.2 Å². The van der Waals surface area contributed by atoms with Gasteiger partial charge in [-0.25, -0.2) is 0 Å². The fraction of sp³-hybridized carbons (Fsp3) is 0.917. The summed E-state index contributed by atoms with van der Waals surface area (Å²) in [6.45, 7) is 10.9. The van der Waals surface area contributed by atoms with Gasteiger partial charge in [0.2, 0.25) is 0 Å². The first-order valence-electron chi connectivity index (χ1n) is 24.3. The van der Waals surface area contributed by atoms with Gasteiger partial charge in [0, 0.05) is 16.2 Å². The van der Waals surface area contributed by atoms with Crippen LogP contribution in [0.25, 0.3) is 0 Å². The molecule has 24 atom stereocenters. The second-order valence-corrected chi connectivity index (χ2v) is 23.1. The molecule has 6 fully saturated rings. The molecule has 3 saturated carbocycles. The van der Waals surface area contributed by atoms with Crippen LogP contribution in [0.4, 0.5) is 0 Å². The van der Waals surface area contributed by atoms with Gasteiger partial charge in [0.1, 0.15) is 73.2 Å². The lowest BCUT2D eigenvalue weighted by atomic mass is 9.35. The molecule has 0 aromatic carbocycles. The summed E-state index contributed by atoms with van der Waals surface area (Å²) in [7, 11) is 0. The molecular weight excluding hydrogens is 881 g/mol. The number of hydrogen-bond acceptors (Lipinski definition) is 19. The average molecular weight is 959 g/mol. The van der Waals surface area contributed by atoms with E-state index >= 15 is 0 Å². The lowest BCUT2D eigenvalue weighted by Crippen LogP contribution is -2.67. The van der Waals surface area contributed by atoms with Gasteiger partial charge in [0.25, 0.3) is 0 Å². The molecule has 0 unspecified atom stereocenters. The van der Waals surface area contributed by atoms with E-state index in [4.69, 9.17) is 28.4 Å². The third-order valence-electron chi connectivity index (χ3n) is 19.0. The van der Waals surface area contributed by atoms with Gasteiger partial charge in [-0.15, -0.1) is 0 Å². The first-order valence-corrected chi connectivity index (χ1v) is 24.3. The maximum Gasteiger partial charge on any atom is 0.187 e.